The van der Waals surface area contributed by atoms with Crippen LogP contribution in [0.15, 0.2) is 29.4 Å². The molecule has 8 heteroatoms. The molecule has 2 aromatic rings. The Bertz CT molecular complexity index is 971. The molecule has 0 radical (unpaired) electrons. The first-order valence-electron chi connectivity index (χ1n) is 12.1. The van der Waals surface area contributed by atoms with Crippen LogP contribution in [0.2, 0.25) is 0 Å². The minimum atomic E-state index is 0.434. The van der Waals surface area contributed by atoms with Crippen LogP contribution in [0.4, 0.5) is 11.4 Å². The number of ether oxygens (including phenoxy) is 1. The summed E-state index contributed by atoms with van der Waals surface area (Å²) in [5.41, 5.74) is 3.37. The van der Waals surface area contributed by atoms with Crippen molar-refractivity contribution in [2.45, 2.75) is 64.0 Å². The van der Waals surface area contributed by atoms with E-state index in [1.54, 1.807) is 7.11 Å². The summed E-state index contributed by atoms with van der Waals surface area (Å²) in [7, 11) is 3.80. The number of benzene rings is 1. The lowest BCUT2D eigenvalue weighted by Gasteiger charge is -2.30. The Kier molecular flexibility index (Phi) is 7.65. The van der Waals surface area contributed by atoms with Crippen LogP contribution >= 0.6 is 0 Å². The molecule has 1 amide bonds. The zero-order chi connectivity index (χ0) is 23.2. The first-order chi connectivity index (χ1) is 16.1. The van der Waals surface area contributed by atoms with Crippen molar-refractivity contribution in [3.05, 3.63) is 35.7 Å². The van der Waals surface area contributed by atoms with Gasteiger partial charge in [-0.3, -0.25) is 9.48 Å². The third-order valence-electron chi connectivity index (χ3n) is 6.81. The van der Waals surface area contributed by atoms with E-state index in [0.717, 1.165) is 61.4 Å². The third-order valence-corrected chi connectivity index (χ3v) is 6.81. The molecule has 1 aliphatic carbocycles. The molecule has 1 aromatic carbocycles. The number of hydrogen-bond donors (Lipinski definition) is 2. The Hall–Kier alpha value is -2.87. The van der Waals surface area contributed by atoms with Gasteiger partial charge in [0, 0.05) is 17.8 Å². The van der Waals surface area contributed by atoms with Crippen molar-refractivity contribution >= 4 is 23.6 Å². The number of anilines is 1. The average molecular weight is 453 g/mol. The van der Waals surface area contributed by atoms with E-state index >= 15 is 0 Å². The maximum Gasteiger partial charge on any atom is 0.212 e. The molecular formula is C25H36N6O2. The van der Waals surface area contributed by atoms with Crippen LogP contribution in [-0.4, -0.2) is 60.2 Å². The molecule has 2 fully saturated rings. The molecule has 1 saturated carbocycles. The largest absolute Gasteiger partial charge is 0.496 e. The van der Waals surface area contributed by atoms with Gasteiger partial charge in [0.15, 0.2) is 0 Å². The number of carbonyl (C=O) groups excluding carboxylic acids is 1. The van der Waals surface area contributed by atoms with Gasteiger partial charge in [-0.05, 0) is 64.9 Å². The van der Waals surface area contributed by atoms with E-state index in [9.17, 15) is 4.79 Å². The summed E-state index contributed by atoms with van der Waals surface area (Å²) in [6.07, 6.45) is 11.0. The SMILES string of the molecule is COc1cc(NC2CCN(C)CC2)ccc1C(=Nc1cn(C2CCCCC2)nc1C)NC=O. The molecule has 0 atom stereocenters. The predicted molar refractivity (Wildman–Crippen MR) is 132 cm³/mol. The highest BCUT2D eigenvalue weighted by molar-refractivity contribution is 6.07. The van der Waals surface area contributed by atoms with Gasteiger partial charge in [0.1, 0.15) is 17.3 Å². The molecular weight excluding hydrogens is 416 g/mol. The molecule has 1 saturated heterocycles. The first kappa shape index (κ1) is 23.3. The Morgan fingerprint density at radius 1 is 1.18 bits per heavy atom. The number of aromatic nitrogens is 2. The Balaban J connectivity index is 1.57. The summed E-state index contributed by atoms with van der Waals surface area (Å²) in [6.45, 7) is 4.16. The van der Waals surface area contributed by atoms with Crippen LogP contribution < -0.4 is 15.4 Å². The second-order valence-electron chi connectivity index (χ2n) is 9.23. The fourth-order valence-electron chi connectivity index (χ4n) is 4.83. The average Bonchev–Trinajstić information content (AvgIpc) is 3.21. The lowest BCUT2D eigenvalue weighted by atomic mass is 9.96. The zero-order valence-corrected chi connectivity index (χ0v) is 20.0. The monoisotopic (exact) mass is 452 g/mol. The lowest BCUT2D eigenvalue weighted by molar-refractivity contribution is -0.108. The Morgan fingerprint density at radius 2 is 1.94 bits per heavy atom. The molecule has 2 aliphatic rings. The van der Waals surface area contributed by atoms with Gasteiger partial charge in [0.05, 0.1) is 30.6 Å². The van der Waals surface area contributed by atoms with Gasteiger partial charge in [-0.25, -0.2) is 4.99 Å². The number of nitrogens with zero attached hydrogens (tertiary/aromatic N) is 4. The molecule has 0 bridgehead atoms. The van der Waals surface area contributed by atoms with Gasteiger partial charge < -0.3 is 20.3 Å². The number of hydrogen-bond acceptors (Lipinski definition) is 6. The lowest BCUT2D eigenvalue weighted by Crippen LogP contribution is -2.36. The predicted octanol–water partition coefficient (Wildman–Crippen LogP) is 4.04. The maximum absolute atomic E-state index is 11.4. The van der Waals surface area contributed by atoms with Crippen molar-refractivity contribution in [2.24, 2.45) is 4.99 Å². The molecule has 8 nitrogen and oxygen atoms in total. The summed E-state index contributed by atoms with van der Waals surface area (Å²) in [6, 6.07) is 6.84. The zero-order valence-electron chi connectivity index (χ0n) is 20.0. The summed E-state index contributed by atoms with van der Waals surface area (Å²) in [5.74, 6) is 1.12. The molecule has 33 heavy (non-hydrogen) atoms. The van der Waals surface area contributed by atoms with E-state index in [2.05, 4.69) is 27.3 Å². The Morgan fingerprint density at radius 3 is 2.64 bits per heavy atom. The maximum atomic E-state index is 11.4. The first-order valence-corrected chi connectivity index (χ1v) is 12.1. The molecule has 2 N–H and O–H groups in total. The number of amides is 1. The van der Waals surface area contributed by atoms with Crippen molar-refractivity contribution in [3.63, 3.8) is 0 Å². The number of aryl methyl sites for hydroxylation is 1. The molecule has 0 spiro atoms. The molecule has 1 aliphatic heterocycles. The fraction of sp³-hybridized carbons (Fsp3) is 0.560. The smallest absolute Gasteiger partial charge is 0.212 e. The summed E-state index contributed by atoms with van der Waals surface area (Å²) >= 11 is 0. The molecule has 1 aromatic heterocycles. The van der Waals surface area contributed by atoms with Gasteiger partial charge in [-0.2, -0.15) is 5.10 Å². The minimum Gasteiger partial charge on any atom is -0.496 e. The number of likely N-dealkylation sites (tertiary alicyclic amines) is 1. The van der Waals surface area contributed by atoms with E-state index in [1.165, 1.54) is 19.3 Å². The Labute approximate surface area is 196 Å². The highest BCUT2D eigenvalue weighted by atomic mass is 16.5. The van der Waals surface area contributed by atoms with Gasteiger partial charge in [0.25, 0.3) is 0 Å². The second kappa shape index (κ2) is 10.8. The van der Waals surface area contributed by atoms with Crippen LogP contribution in [0.25, 0.3) is 0 Å². The normalized spacial score (nSPS) is 18.8. The number of methoxy groups -OCH3 is 1. The fourth-order valence-corrected chi connectivity index (χ4v) is 4.83. The van der Waals surface area contributed by atoms with E-state index in [0.29, 0.717) is 30.1 Å². The van der Waals surface area contributed by atoms with E-state index in [-0.39, 0.29) is 0 Å². The number of piperidine rings is 1. The van der Waals surface area contributed by atoms with Crippen LogP contribution in [-0.2, 0) is 4.79 Å². The molecule has 0 unspecified atom stereocenters. The summed E-state index contributed by atoms with van der Waals surface area (Å²) in [5, 5.41) is 11.1. The highest BCUT2D eigenvalue weighted by Crippen LogP contribution is 2.31. The van der Waals surface area contributed by atoms with Crippen molar-refractivity contribution in [1.82, 2.24) is 20.0 Å². The van der Waals surface area contributed by atoms with Crippen LogP contribution in [0.5, 0.6) is 5.75 Å². The van der Waals surface area contributed by atoms with E-state index in [1.807, 2.05) is 31.3 Å². The van der Waals surface area contributed by atoms with Crippen LogP contribution in [0.3, 0.4) is 0 Å². The van der Waals surface area contributed by atoms with Crippen molar-refractivity contribution in [3.8, 4) is 5.75 Å². The highest BCUT2D eigenvalue weighted by Gasteiger charge is 2.20. The third kappa shape index (κ3) is 5.74. The van der Waals surface area contributed by atoms with E-state index in [4.69, 9.17) is 14.8 Å². The molecule has 2 heterocycles. The van der Waals surface area contributed by atoms with Gasteiger partial charge >= 0.3 is 0 Å². The second-order valence-corrected chi connectivity index (χ2v) is 9.23. The van der Waals surface area contributed by atoms with Gasteiger partial charge in [-0.15, -0.1) is 0 Å². The number of carbonyl (C=O) groups is 1. The standard InChI is InChI=1S/C25H36N6O2/c1-18-23(16-31(29-18)21-7-5-4-6-8-21)28-25(26-17-32)22-10-9-20(15-24(22)33-3)27-19-11-13-30(2)14-12-19/h9-10,15-17,19,21,27H,4-8,11-14H2,1-3H3,(H,26,28,32). The number of amidine groups is 1. The minimum absolute atomic E-state index is 0.434. The van der Waals surface area contributed by atoms with Crippen LogP contribution in [0, 0.1) is 6.92 Å². The number of aliphatic imine (C=N–C) groups is 1. The van der Waals surface area contributed by atoms with Crippen molar-refractivity contribution < 1.29 is 9.53 Å². The quantitative estimate of drug-likeness (QED) is 0.376. The van der Waals surface area contributed by atoms with E-state index < -0.39 is 0 Å². The molecule has 178 valence electrons. The topological polar surface area (TPSA) is 83.8 Å². The number of rotatable bonds is 7. The van der Waals surface area contributed by atoms with Crippen molar-refractivity contribution in [1.29, 1.82) is 0 Å². The van der Waals surface area contributed by atoms with Gasteiger partial charge in [0.2, 0.25) is 6.41 Å². The molecule has 4 rings (SSSR count). The summed E-state index contributed by atoms with van der Waals surface area (Å²) < 4.78 is 7.74. The van der Waals surface area contributed by atoms with Crippen LogP contribution in [0.1, 0.15) is 62.2 Å². The summed E-state index contributed by atoms with van der Waals surface area (Å²) in [4.78, 5) is 18.5. The van der Waals surface area contributed by atoms with Gasteiger partial charge in [-0.1, -0.05) is 19.3 Å². The number of nitrogens with one attached hydrogen (secondary N) is 2. The van der Waals surface area contributed by atoms with Crippen molar-refractivity contribution in [2.75, 3.05) is 32.6 Å².